The van der Waals surface area contributed by atoms with Gasteiger partial charge in [0.2, 0.25) is 0 Å². The maximum Gasteiger partial charge on any atom is 0.272 e. The first-order chi connectivity index (χ1) is 13.0. The lowest BCUT2D eigenvalue weighted by Gasteiger charge is -2.39. The molecule has 1 spiro atoms. The molecule has 2 aliphatic heterocycles. The Hall–Kier alpha value is -2.11. The summed E-state index contributed by atoms with van der Waals surface area (Å²) in [6.07, 6.45) is 4.26. The molecule has 0 radical (unpaired) electrons. The molecule has 0 saturated carbocycles. The van der Waals surface area contributed by atoms with Crippen molar-refractivity contribution in [1.82, 2.24) is 9.88 Å². The quantitative estimate of drug-likeness (QED) is 0.803. The smallest absolute Gasteiger partial charge is 0.272 e. The fourth-order valence-corrected chi connectivity index (χ4v) is 4.21. The number of aromatic nitrogens is 1. The van der Waals surface area contributed by atoms with E-state index in [1.54, 1.807) is 6.20 Å². The summed E-state index contributed by atoms with van der Waals surface area (Å²) in [6, 6.07) is 11.2. The first kappa shape index (κ1) is 18.3. The lowest BCUT2D eigenvalue weighted by Crippen LogP contribution is -2.50. The minimum Gasteiger partial charge on any atom is -0.488 e. The van der Waals surface area contributed by atoms with Gasteiger partial charge in [0.05, 0.1) is 18.8 Å². The minimum absolute atomic E-state index is 0.0185. The van der Waals surface area contributed by atoms with Gasteiger partial charge in [-0.2, -0.15) is 0 Å². The van der Waals surface area contributed by atoms with Crippen LogP contribution in [-0.4, -0.2) is 47.2 Å². The number of nitrogens with zero attached hydrogens (tertiary/aromatic N) is 2. The Balaban J connectivity index is 1.43. The Morgan fingerprint density at radius 2 is 2.26 bits per heavy atom. The zero-order chi connectivity index (χ0) is 18.9. The van der Waals surface area contributed by atoms with E-state index in [1.165, 1.54) is 0 Å². The van der Waals surface area contributed by atoms with E-state index in [0.29, 0.717) is 23.9 Å². The fourth-order valence-electron chi connectivity index (χ4n) is 4.03. The number of halogens is 1. The van der Waals surface area contributed by atoms with Crippen LogP contribution < -0.4 is 4.74 Å². The number of hydrogen-bond donors (Lipinski definition) is 0. The zero-order valence-electron chi connectivity index (χ0n) is 15.4. The lowest BCUT2D eigenvalue weighted by atomic mass is 9.89. The molecule has 2 aliphatic rings. The summed E-state index contributed by atoms with van der Waals surface area (Å²) in [6.45, 7) is 3.76. The summed E-state index contributed by atoms with van der Waals surface area (Å²) in [5, 5.41) is 0.654. The summed E-state index contributed by atoms with van der Waals surface area (Å²) in [4.78, 5) is 19.1. The summed E-state index contributed by atoms with van der Waals surface area (Å²) >= 11 is 6.04. The second kappa shape index (κ2) is 7.49. The molecule has 6 heteroatoms. The van der Waals surface area contributed by atoms with Crippen molar-refractivity contribution < 1.29 is 14.3 Å². The largest absolute Gasteiger partial charge is 0.488 e. The van der Waals surface area contributed by atoms with Gasteiger partial charge in [0.25, 0.3) is 5.91 Å². The summed E-state index contributed by atoms with van der Waals surface area (Å²) in [7, 11) is 0. The van der Waals surface area contributed by atoms with E-state index < -0.39 is 0 Å². The first-order valence-electron chi connectivity index (χ1n) is 9.32. The molecule has 0 bridgehead atoms. The van der Waals surface area contributed by atoms with E-state index in [2.05, 4.69) is 4.98 Å². The summed E-state index contributed by atoms with van der Waals surface area (Å²) in [5.74, 6) is 0.732. The second-order valence-electron chi connectivity index (χ2n) is 7.39. The third kappa shape index (κ3) is 3.94. The Bertz CT molecular complexity index is 844. The highest BCUT2D eigenvalue weighted by molar-refractivity contribution is 6.30. The predicted molar refractivity (Wildman–Crippen MR) is 103 cm³/mol. The highest BCUT2D eigenvalue weighted by atomic mass is 35.5. The van der Waals surface area contributed by atoms with Gasteiger partial charge in [0, 0.05) is 24.2 Å². The number of pyridine rings is 1. The van der Waals surface area contributed by atoms with Crippen molar-refractivity contribution in [2.24, 2.45) is 0 Å². The molecule has 0 aliphatic carbocycles. The molecule has 2 fully saturated rings. The van der Waals surface area contributed by atoms with Gasteiger partial charge < -0.3 is 14.4 Å². The maximum atomic E-state index is 12.9. The van der Waals surface area contributed by atoms with Crippen molar-refractivity contribution in [3.05, 3.63) is 58.9 Å². The predicted octanol–water partition coefficient (Wildman–Crippen LogP) is 3.89. The van der Waals surface area contributed by atoms with Gasteiger partial charge in [-0.3, -0.25) is 9.78 Å². The van der Waals surface area contributed by atoms with Crippen LogP contribution in [0.4, 0.5) is 0 Å². The zero-order valence-corrected chi connectivity index (χ0v) is 16.1. The van der Waals surface area contributed by atoms with Gasteiger partial charge in [0.15, 0.2) is 0 Å². The van der Waals surface area contributed by atoms with Crippen LogP contribution in [0, 0.1) is 6.92 Å². The van der Waals surface area contributed by atoms with E-state index in [9.17, 15) is 4.79 Å². The molecule has 1 aromatic carbocycles. The van der Waals surface area contributed by atoms with Crippen LogP contribution in [0.25, 0.3) is 0 Å². The van der Waals surface area contributed by atoms with Gasteiger partial charge in [0.1, 0.15) is 17.5 Å². The Kier molecular flexibility index (Phi) is 5.06. The van der Waals surface area contributed by atoms with Crippen molar-refractivity contribution in [1.29, 1.82) is 0 Å². The minimum atomic E-state index is -0.333. The molecular weight excluding hydrogens is 364 g/mol. The molecular formula is C21H23ClN2O3. The highest BCUT2D eigenvalue weighted by Gasteiger charge is 2.45. The van der Waals surface area contributed by atoms with E-state index in [4.69, 9.17) is 21.1 Å². The maximum absolute atomic E-state index is 12.9. The number of benzene rings is 1. The van der Waals surface area contributed by atoms with Crippen LogP contribution in [0.2, 0.25) is 5.02 Å². The monoisotopic (exact) mass is 386 g/mol. The number of likely N-dealkylation sites (tertiary alicyclic amines) is 1. The topological polar surface area (TPSA) is 51.7 Å². The molecule has 142 valence electrons. The van der Waals surface area contributed by atoms with Crippen molar-refractivity contribution >= 4 is 17.5 Å². The number of hydrogen-bond acceptors (Lipinski definition) is 4. The van der Waals surface area contributed by atoms with E-state index in [-0.39, 0.29) is 17.6 Å². The van der Waals surface area contributed by atoms with Gasteiger partial charge >= 0.3 is 0 Å². The molecule has 2 saturated heterocycles. The normalized spacial score (nSPS) is 25.0. The van der Waals surface area contributed by atoms with E-state index >= 15 is 0 Å². The molecule has 4 rings (SSSR count). The molecule has 5 nitrogen and oxygen atoms in total. The average molecular weight is 387 g/mol. The summed E-state index contributed by atoms with van der Waals surface area (Å²) in [5.41, 5.74) is 1.09. The van der Waals surface area contributed by atoms with Gasteiger partial charge in [-0.1, -0.05) is 23.7 Å². The van der Waals surface area contributed by atoms with Crippen LogP contribution in [0.1, 0.15) is 35.3 Å². The number of amides is 1. The number of piperidine rings is 1. The third-order valence-corrected chi connectivity index (χ3v) is 5.55. The van der Waals surface area contributed by atoms with Crippen LogP contribution in [0.5, 0.6) is 5.75 Å². The van der Waals surface area contributed by atoms with E-state index in [0.717, 1.165) is 37.1 Å². The molecule has 27 heavy (non-hydrogen) atoms. The SMILES string of the molecule is Cc1cccnc1C(=O)N1CCC[C@@]2(C[C@@H](Oc3cccc(Cl)c3)CO2)C1. The number of rotatable bonds is 3. The fraction of sp³-hybridized carbons (Fsp3) is 0.429. The molecule has 2 atom stereocenters. The molecule has 3 heterocycles. The van der Waals surface area contributed by atoms with Crippen LogP contribution in [0.15, 0.2) is 42.6 Å². The average Bonchev–Trinajstić information content (AvgIpc) is 3.03. The Morgan fingerprint density at radius 3 is 3.07 bits per heavy atom. The number of aryl methyl sites for hydroxylation is 1. The van der Waals surface area contributed by atoms with Crippen molar-refractivity contribution in [3.63, 3.8) is 0 Å². The number of ether oxygens (including phenoxy) is 2. The molecule has 1 aromatic heterocycles. The van der Waals surface area contributed by atoms with Crippen LogP contribution >= 0.6 is 11.6 Å². The molecule has 1 amide bonds. The van der Waals surface area contributed by atoms with Crippen LogP contribution in [0.3, 0.4) is 0 Å². The highest BCUT2D eigenvalue weighted by Crippen LogP contribution is 2.37. The van der Waals surface area contributed by atoms with Crippen molar-refractivity contribution in [3.8, 4) is 5.75 Å². The molecule has 0 N–H and O–H groups in total. The summed E-state index contributed by atoms with van der Waals surface area (Å²) < 4.78 is 12.2. The molecule has 0 unspecified atom stereocenters. The first-order valence-corrected chi connectivity index (χ1v) is 9.70. The van der Waals surface area contributed by atoms with Crippen LogP contribution in [-0.2, 0) is 4.74 Å². The Labute approximate surface area is 164 Å². The molecule has 2 aromatic rings. The number of carbonyl (C=O) groups is 1. The van der Waals surface area contributed by atoms with E-state index in [1.807, 2.05) is 48.2 Å². The lowest BCUT2D eigenvalue weighted by molar-refractivity contribution is -0.0454. The standard InChI is InChI=1S/C21H23ClN2O3/c1-15-5-3-9-23-19(15)20(25)24-10-4-8-21(14-24)12-18(13-26-21)27-17-7-2-6-16(22)11-17/h2-3,5-7,9,11,18H,4,8,10,12-14H2,1H3/t18-,21-/m1/s1. The Morgan fingerprint density at radius 1 is 1.37 bits per heavy atom. The second-order valence-corrected chi connectivity index (χ2v) is 7.83. The third-order valence-electron chi connectivity index (χ3n) is 5.31. The van der Waals surface area contributed by atoms with Gasteiger partial charge in [-0.15, -0.1) is 0 Å². The van der Waals surface area contributed by atoms with Gasteiger partial charge in [-0.25, -0.2) is 0 Å². The van der Waals surface area contributed by atoms with Crippen molar-refractivity contribution in [2.75, 3.05) is 19.7 Å². The number of carbonyl (C=O) groups excluding carboxylic acids is 1. The van der Waals surface area contributed by atoms with Crippen molar-refractivity contribution in [2.45, 2.75) is 37.9 Å². The van der Waals surface area contributed by atoms with Gasteiger partial charge in [-0.05, 0) is 49.6 Å².